The summed E-state index contributed by atoms with van der Waals surface area (Å²) in [5, 5.41) is 0. The fourth-order valence-corrected chi connectivity index (χ4v) is 1.80. The maximum absolute atomic E-state index is 11.1. The van der Waals surface area contributed by atoms with Crippen molar-refractivity contribution >= 4 is 11.5 Å². The van der Waals surface area contributed by atoms with Gasteiger partial charge in [0.1, 0.15) is 5.78 Å². The first-order chi connectivity index (χ1) is 7.19. The predicted molar refractivity (Wildman–Crippen MR) is 64.4 cm³/mol. The van der Waals surface area contributed by atoms with Crippen LogP contribution in [0.15, 0.2) is 24.3 Å². The van der Waals surface area contributed by atoms with Gasteiger partial charge in [0.15, 0.2) is 0 Å². The first kappa shape index (κ1) is 11.8. The molecule has 0 fully saturated rings. The minimum Gasteiger partial charge on any atom is -0.372 e. The number of benzene rings is 1. The van der Waals surface area contributed by atoms with Crippen LogP contribution in [0.5, 0.6) is 0 Å². The third-order valence-corrected chi connectivity index (χ3v) is 2.54. The van der Waals surface area contributed by atoms with Gasteiger partial charge < -0.3 is 4.90 Å². The van der Waals surface area contributed by atoms with Crippen LogP contribution in [0.1, 0.15) is 26.3 Å². The number of anilines is 1. The molecule has 1 aromatic rings. The number of nitrogens with zero attached hydrogens (tertiary/aromatic N) is 1. The molecule has 0 aromatic heterocycles. The molecule has 2 heteroatoms. The first-order valence-electron chi connectivity index (χ1n) is 5.51. The van der Waals surface area contributed by atoms with Gasteiger partial charge in [0.2, 0.25) is 0 Å². The average molecular weight is 205 g/mol. The Hall–Kier alpha value is -1.31. The van der Waals surface area contributed by atoms with E-state index in [4.69, 9.17) is 0 Å². The van der Waals surface area contributed by atoms with Crippen LogP contribution in [0.3, 0.4) is 0 Å². The van der Waals surface area contributed by atoms with E-state index in [2.05, 4.69) is 24.8 Å². The largest absolute Gasteiger partial charge is 0.372 e. The van der Waals surface area contributed by atoms with Gasteiger partial charge in [-0.3, -0.25) is 4.79 Å². The van der Waals surface area contributed by atoms with E-state index in [1.165, 1.54) is 5.69 Å². The topological polar surface area (TPSA) is 20.3 Å². The van der Waals surface area contributed by atoms with Crippen LogP contribution in [0.4, 0.5) is 5.69 Å². The Labute approximate surface area is 91.9 Å². The molecule has 0 aliphatic carbocycles. The zero-order chi connectivity index (χ0) is 11.3. The molecular weight excluding hydrogens is 186 g/mol. The molecular formula is C13H19NO. The zero-order valence-electron chi connectivity index (χ0n) is 9.79. The van der Waals surface area contributed by atoms with Gasteiger partial charge >= 0.3 is 0 Å². The van der Waals surface area contributed by atoms with E-state index in [1.807, 2.05) is 18.2 Å². The van der Waals surface area contributed by atoms with E-state index >= 15 is 0 Å². The van der Waals surface area contributed by atoms with E-state index < -0.39 is 0 Å². The number of para-hydroxylation sites is 1. The fourth-order valence-electron chi connectivity index (χ4n) is 1.80. The van der Waals surface area contributed by atoms with Gasteiger partial charge in [0.25, 0.3) is 0 Å². The summed E-state index contributed by atoms with van der Waals surface area (Å²) >= 11 is 0. The molecule has 0 amide bonds. The summed E-state index contributed by atoms with van der Waals surface area (Å²) in [6, 6.07) is 8.14. The summed E-state index contributed by atoms with van der Waals surface area (Å²) in [7, 11) is 0. The second kappa shape index (κ2) is 5.54. The molecule has 0 saturated heterocycles. The Morgan fingerprint density at radius 2 is 1.80 bits per heavy atom. The van der Waals surface area contributed by atoms with Crippen molar-refractivity contribution in [3.05, 3.63) is 29.8 Å². The third kappa shape index (κ3) is 3.08. The number of carbonyl (C=O) groups excluding carboxylic acids is 1. The van der Waals surface area contributed by atoms with Crippen LogP contribution < -0.4 is 4.90 Å². The molecule has 2 nitrogen and oxygen atoms in total. The van der Waals surface area contributed by atoms with Crippen molar-refractivity contribution in [2.45, 2.75) is 27.2 Å². The fraction of sp³-hybridized carbons (Fsp3) is 0.462. The van der Waals surface area contributed by atoms with Crippen LogP contribution in [-0.2, 0) is 11.2 Å². The number of hydrogen-bond acceptors (Lipinski definition) is 2. The van der Waals surface area contributed by atoms with Gasteiger partial charge in [-0.1, -0.05) is 18.2 Å². The first-order valence-corrected chi connectivity index (χ1v) is 5.51. The second-order valence-corrected chi connectivity index (χ2v) is 3.68. The Morgan fingerprint density at radius 3 is 2.33 bits per heavy atom. The summed E-state index contributed by atoms with van der Waals surface area (Å²) in [6.45, 7) is 7.86. The average Bonchev–Trinajstić information content (AvgIpc) is 2.21. The monoisotopic (exact) mass is 205 g/mol. The Kier molecular flexibility index (Phi) is 4.35. The molecule has 0 N–H and O–H groups in total. The van der Waals surface area contributed by atoms with E-state index in [0.717, 1.165) is 18.7 Å². The van der Waals surface area contributed by atoms with Gasteiger partial charge in [-0.2, -0.15) is 0 Å². The van der Waals surface area contributed by atoms with Crippen molar-refractivity contribution in [3.63, 3.8) is 0 Å². The third-order valence-electron chi connectivity index (χ3n) is 2.54. The Bertz CT molecular complexity index is 329. The molecule has 1 aromatic carbocycles. The maximum atomic E-state index is 11.1. The van der Waals surface area contributed by atoms with Crippen molar-refractivity contribution in [2.24, 2.45) is 0 Å². The predicted octanol–water partition coefficient (Wildman–Crippen LogP) is 2.66. The second-order valence-electron chi connectivity index (χ2n) is 3.68. The molecule has 0 heterocycles. The Morgan fingerprint density at radius 1 is 1.20 bits per heavy atom. The summed E-state index contributed by atoms with van der Waals surface area (Å²) in [5.74, 6) is 0.217. The lowest BCUT2D eigenvalue weighted by Gasteiger charge is -2.23. The van der Waals surface area contributed by atoms with Gasteiger partial charge in [-0.25, -0.2) is 0 Å². The number of hydrogen-bond donors (Lipinski definition) is 0. The number of rotatable bonds is 5. The van der Waals surface area contributed by atoms with Crippen LogP contribution in [0, 0.1) is 0 Å². The van der Waals surface area contributed by atoms with Crippen molar-refractivity contribution in [1.29, 1.82) is 0 Å². The van der Waals surface area contributed by atoms with E-state index in [9.17, 15) is 4.79 Å². The SMILES string of the molecule is CCN(CC)c1ccccc1CC(C)=O. The summed E-state index contributed by atoms with van der Waals surface area (Å²) < 4.78 is 0. The van der Waals surface area contributed by atoms with Crippen molar-refractivity contribution in [2.75, 3.05) is 18.0 Å². The van der Waals surface area contributed by atoms with E-state index in [1.54, 1.807) is 6.92 Å². The lowest BCUT2D eigenvalue weighted by Crippen LogP contribution is -2.23. The lowest BCUT2D eigenvalue weighted by atomic mass is 10.1. The highest BCUT2D eigenvalue weighted by Crippen LogP contribution is 2.20. The van der Waals surface area contributed by atoms with Crippen molar-refractivity contribution in [3.8, 4) is 0 Å². The number of Topliss-reactive ketones (excluding diaryl/α,β-unsaturated/α-hetero) is 1. The summed E-state index contributed by atoms with van der Waals surface area (Å²) in [6.07, 6.45) is 0.534. The highest BCUT2D eigenvalue weighted by molar-refractivity contribution is 5.80. The number of ketones is 1. The maximum Gasteiger partial charge on any atom is 0.134 e. The minimum absolute atomic E-state index is 0.217. The van der Waals surface area contributed by atoms with E-state index in [0.29, 0.717) is 6.42 Å². The Balaban J connectivity index is 2.99. The molecule has 0 aliphatic heterocycles. The lowest BCUT2D eigenvalue weighted by molar-refractivity contribution is -0.116. The quantitative estimate of drug-likeness (QED) is 0.736. The summed E-state index contributed by atoms with van der Waals surface area (Å²) in [5.41, 5.74) is 2.33. The molecule has 0 bridgehead atoms. The zero-order valence-corrected chi connectivity index (χ0v) is 9.79. The summed E-state index contributed by atoms with van der Waals surface area (Å²) in [4.78, 5) is 13.4. The van der Waals surface area contributed by atoms with Crippen molar-refractivity contribution < 1.29 is 4.79 Å². The molecule has 0 saturated carbocycles. The van der Waals surface area contributed by atoms with Gasteiger partial charge in [0.05, 0.1) is 0 Å². The molecule has 82 valence electrons. The van der Waals surface area contributed by atoms with Crippen LogP contribution >= 0.6 is 0 Å². The smallest absolute Gasteiger partial charge is 0.134 e. The van der Waals surface area contributed by atoms with Gasteiger partial charge in [-0.15, -0.1) is 0 Å². The minimum atomic E-state index is 0.217. The standard InChI is InChI=1S/C13H19NO/c1-4-14(5-2)13-9-7-6-8-12(13)10-11(3)15/h6-9H,4-5,10H2,1-3H3. The van der Waals surface area contributed by atoms with Crippen LogP contribution in [-0.4, -0.2) is 18.9 Å². The highest BCUT2D eigenvalue weighted by atomic mass is 16.1. The van der Waals surface area contributed by atoms with E-state index in [-0.39, 0.29) is 5.78 Å². The molecule has 1 rings (SSSR count). The molecule has 0 unspecified atom stereocenters. The van der Waals surface area contributed by atoms with Gasteiger partial charge in [0, 0.05) is 25.2 Å². The molecule has 0 aliphatic rings. The van der Waals surface area contributed by atoms with Crippen molar-refractivity contribution in [1.82, 2.24) is 0 Å². The molecule has 0 spiro atoms. The molecule has 15 heavy (non-hydrogen) atoms. The highest BCUT2D eigenvalue weighted by Gasteiger charge is 2.08. The molecule has 0 radical (unpaired) electrons. The molecule has 0 atom stereocenters. The van der Waals surface area contributed by atoms with Gasteiger partial charge in [-0.05, 0) is 32.4 Å². The number of carbonyl (C=O) groups is 1. The van der Waals surface area contributed by atoms with Crippen LogP contribution in [0.25, 0.3) is 0 Å². The van der Waals surface area contributed by atoms with Crippen LogP contribution in [0.2, 0.25) is 0 Å². The normalized spacial score (nSPS) is 10.1.